The molecule has 0 bridgehead atoms. The van der Waals surface area contributed by atoms with Crippen molar-refractivity contribution in [3.05, 3.63) is 0 Å². The summed E-state index contributed by atoms with van der Waals surface area (Å²) in [5.41, 5.74) is 0. The number of hydrogen-bond acceptors (Lipinski definition) is 2. The minimum Gasteiger partial charge on any atom is -0.338 e. The van der Waals surface area contributed by atoms with E-state index in [1.165, 1.54) is 0 Å². The van der Waals surface area contributed by atoms with Gasteiger partial charge in [-0.15, -0.1) is 11.6 Å². The standard InChI is InChI=1S/C8H15ClN2O2/c1-2-3-6-10-8(13)11-7(12)4-5-9/h2-6H2,1H3,(H2,10,11,12,13). The molecule has 0 spiro atoms. The number of carbonyl (C=O) groups excluding carboxylic acids is 2. The Morgan fingerprint density at radius 1 is 1.38 bits per heavy atom. The second-order valence-corrected chi connectivity index (χ2v) is 2.97. The molecule has 0 unspecified atom stereocenters. The molecule has 76 valence electrons. The summed E-state index contributed by atoms with van der Waals surface area (Å²) in [6.45, 7) is 2.62. The van der Waals surface area contributed by atoms with Crippen molar-refractivity contribution in [1.82, 2.24) is 10.6 Å². The molecule has 0 radical (unpaired) electrons. The molecule has 0 aliphatic carbocycles. The number of rotatable bonds is 5. The van der Waals surface area contributed by atoms with Gasteiger partial charge in [0, 0.05) is 18.8 Å². The Labute approximate surface area is 83.0 Å². The van der Waals surface area contributed by atoms with Gasteiger partial charge >= 0.3 is 6.03 Å². The summed E-state index contributed by atoms with van der Waals surface area (Å²) in [5.74, 6) is -0.113. The van der Waals surface area contributed by atoms with Gasteiger partial charge in [0.1, 0.15) is 0 Å². The van der Waals surface area contributed by atoms with Gasteiger partial charge < -0.3 is 5.32 Å². The summed E-state index contributed by atoms with van der Waals surface area (Å²) in [6, 6.07) is -0.441. The van der Waals surface area contributed by atoms with Crippen LogP contribution in [-0.4, -0.2) is 24.4 Å². The molecule has 0 aliphatic heterocycles. The minimum absolute atomic E-state index is 0.169. The van der Waals surface area contributed by atoms with Gasteiger partial charge in [0.2, 0.25) is 5.91 Å². The van der Waals surface area contributed by atoms with Gasteiger partial charge in [-0.2, -0.15) is 0 Å². The number of urea groups is 1. The van der Waals surface area contributed by atoms with Crippen LogP contribution in [0.5, 0.6) is 0 Å². The summed E-state index contributed by atoms with van der Waals surface area (Å²) in [4.78, 5) is 21.7. The number of hydrogen-bond donors (Lipinski definition) is 2. The third-order valence-corrected chi connectivity index (χ3v) is 1.58. The first-order chi connectivity index (χ1) is 6.20. The van der Waals surface area contributed by atoms with Crippen LogP contribution in [0.25, 0.3) is 0 Å². The first-order valence-corrected chi connectivity index (χ1v) is 4.87. The van der Waals surface area contributed by atoms with Crippen LogP contribution in [0.15, 0.2) is 0 Å². The average molecular weight is 207 g/mol. The van der Waals surface area contributed by atoms with E-state index in [-0.39, 0.29) is 18.2 Å². The number of carbonyl (C=O) groups is 2. The number of unbranched alkanes of at least 4 members (excludes halogenated alkanes) is 1. The van der Waals surface area contributed by atoms with Crippen LogP contribution in [0.3, 0.4) is 0 Å². The number of alkyl halides is 1. The Balaban J connectivity index is 3.44. The van der Waals surface area contributed by atoms with Crippen molar-refractivity contribution in [3.8, 4) is 0 Å². The summed E-state index contributed by atoms with van der Waals surface area (Å²) in [5, 5.41) is 4.73. The molecule has 0 aromatic carbocycles. The van der Waals surface area contributed by atoms with Crippen molar-refractivity contribution >= 4 is 23.5 Å². The van der Waals surface area contributed by atoms with Gasteiger partial charge in [0.15, 0.2) is 0 Å². The molecule has 0 aliphatic rings. The molecular formula is C8H15ClN2O2. The second-order valence-electron chi connectivity index (χ2n) is 2.60. The Hall–Kier alpha value is -0.770. The highest BCUT2D eigenvalue weighted by molar-refractivity contribution is 6.19. The zero-order valence-electron chi connectivity index (χ0n) is 7.73. The van der Waals surface area contributed by atoms with Crippen molar-refractivity contribution in [3.63, 3.8) is 0 Å². The predicted molar refractivity (Wildman–Crippen MR) is 51.8 cm³/mol. The van der Waals surface area contributed by atoms with Crippen molar-refractivity contribution in [1.29, 1.82) is 0 Å². The molecular weight excluding hydrogens is 192 g/mol. The van der Waals surface area contributed by atoms with E-state index in [1.54, 1.807) is 0 Å². The zero-order chi connectivity index (χ0) is 10.1. The molecule has 3 amide bonds. The number of nitrogens with one attached hydrogen (secondary N) is 2. The quantitative estimate of drug-likeness (QED) is 0.525. The molecule has 0 atom stereocenters. The summed E-state index contributed by atoms with van der Waals surface area (Å²) in [6.07, 6.45) is 2.09. The maximum atomic E-state index is 10.9. The summed E-state index contributed by atoms with van der Waals surface area (Å²) >= 11 is 5.31. The van der Waals surface area contributed by atoms with E-state index in [4.69, 9.17) is 11.6 Å². The van der Waals surface area contributed by atoms with Gasteiger partial charge in [-0.3, -0.25) is 10.1 Å². The molecule has 0 heterocycles. The lowest BCUT2D eigenvalue weighted by atomic mass is 10.3. The van der Waals surface area contributed by atoms with E-state index >= 15 is 0 Å². The third kappa shape index (κ3) is 7.59. The number of imide groups is 1. The van der Waals surface area contributed by atoms with Crippen LogP contribution in [-0.2, 0) is 4.79 Å². The van der Waals surface area contributed by atoms with Crippen LogP contribution in [0.4, 0.5) is 4.79 Å². The monoisotopic (exact) mass is 206 g/mol. The van der Waals surface area contributed by atoms with Crippen LogP contribution in [0, 0.1) is 0 Å². The summed E-state index contributed by atoms with van der Waals surface area (Å²) < 4.78 is 0. The zero-order valence-corrected chi connectivity index (χ0v) is 8.49. The predicted octanol–water partition coefficient (Wildman–Crippen LogP) is 1.24. The minimum atomic E-state index is -0.441. The maximum absolute atomic E-state index is 10.9. The molecule has 0 fully saturated rings. The van der Waals surface area contributed by atoms with E-state index < -0.39 is 6.03 Å². The lowest BCUT2D eigenvalue weighted by molar-refractivity contribution is -0.119. The molecule has 0 saturated carbocycles. The van der Waals surface area contributed by atoms with Crippen LogP contribution < -0.4 is 10.6 Å². The van der Waals surface area contributed by atoms with E-state index in [0.717, 1.165) is 12.8 Å². The van der Waals surface area contributed by atoms with Gasteiger partial charge in [-0.25, -0.2) is 4.79 Å². The van der Waals surface area contributed by atoms with E-state index in [0.29, 0.717) is 6.54 Å². The van der Waals surface area contributed by atoms with Crippen molar-refractivity contribution in [2.24, 2.45) is 0 Å². The van der Waals surface area contributed by atoms with Crippen molar-refractivity contribution in [2.75, 3.05) is 12.4 Å². The largest absolute Gasteiger partial charge is 0.338 e. The number of halogens is 1. The first-order valence-electron chi connectivity index (χ1n) is 4.34. The fraction of sp³-hybridized carbons (Fsp3) is 0.750. The Bertz CT molecular complexity index is 174. The van der Waals surface area contributed by atoms with E-state index in [2.05, 4.69) is 10.6 Å². The van der Waals surface area contributed by atoms with Gasteiger partial charge in [-0.05, 0) is 6.42 Å². The highest BCUT2D eigenvalue weighted by Gasteiger charge is 2.04. The second kappa shape index (κ2) is 7.86. The molecule has 0 aromatic heterocycles. The lowest BCUT2D eigenvalue weighted by Gasteiger charge is -2.04. The van der Waals surface area contributed by atoms with Crippen LogP contribution in [0.1, 0.15) is 26.2 Å². The Kier molecular flexibility index (Phi) is 7.39. The molecule has 13 heavy (non-hydrogen) atoms. The molecule has 2 N–H and O–H groups in total. The summed E-state index contributed by atoms with van der Waals surface area (Å²) in [7, 11) is 0. The molecule has 0 saturated heterocycles. The number of amides is 3. The van der Waals surface area contributed by atoms with E-state index in [1.807, 2.05) is 6.92 Å². The fourth-order valence-corrected chi connectivity index (χ4v) is 0.869. The van der Waals surface area contributed by atoms with Gasteiger partial charge in [0.05, 0.1) is 0 Å². The lowest BCUT2D eigenvalue weighted by Crippen LogP contribution is -2.39. The van der Waals surface area contributed by atoms with Crippen LogP contribution >= 0.6 is 11.6 Å². The highest BCUT2D eigenvalue weighted by atomic mass is 35.5. The van der Waals surface area contributed by atoms with Gasteiger partial charge in [0.25, 0.3) is 0 Å². The molecule has 5 heteroatoms. The Morgan fingerprint density at radius 2 is 2.08 bits per heavy atom. The van der Waals surface area contributed by atoms with E-state index in [9.17, 15) is 9.59 Å². The van der Waals surface area contributed by atoms with Crippen molar-refractivity contribution < 1.29 is 9.59 Å². The normalized spacial score (nSPS) is 9.38. The third-order valence-electron chi connectivity index (χ3n) is 1.39. The highest BCUT2D eigenvalue weighted by Crippen LogP contribution is 1.85. The molecule has 0 rings (SSSR count). The topological polar surface area (TPSA) is 58.2 Å². The Morgan fingerprint density at radius 3 is 2.62 bits per heavy atom. The first kappa shape index (κ1) is 12.2. The maximum Gasteiger partial charge on any atom is 0.321 e. The fourth-order valence-electron chi connectivity index (χ4n) is 0.698. The van der Waals surface area contributed by atoms with Crippen molar-refractivity contribution in [2.45, 2.75) is 26.2 Å². The average Bonchev–Trinajstić information content (AvgIpc) is 2.05. The van der Waals surface area contributed by atoms with Crippen LogP contribution in [0.2, 0.25) is 0 Å². The molecule has 4 nitrogen and oxygen atoms in total. The van der Waals surface area contributed by atoms with Gasteiger partial charge in [-0.1, -0.05) is 13.3 Å². The smallest absolute Gasteiger partial charge is 0.321 e. The SMILES string of the molecule is CCCCNC(=O)NC(=O)CCCl. The molecule has 0 aromatic rings.